The van der Waals surface area contributed by atoms with Gasteiger partial charge in [0.25, 0.3) is 0 Å². The third kappa shape index (κ3) is 8.76. The first-order valence-corrected chi connectivity index (χ1v) is 15.3. The van der Waals surface area contributed by atoms with E-state index >= 15 is 0 Å². The number of rotatable bonds is 13. The summed E-state index contributed by atoms with van der Waals surface area (Å²) in [5.74, 6) is 1.61. The summed E-state index contributed by atoms with van der Waals surface area (Å²) in [6.07, 6.45) is 0.165. The van der Waals surface area contributed by atoms with E-state index in [-0.39, 0.29) is 24.5 Å². The van der Waals surface area contributed by atoms with Gasteiger partial charge in [0.05, 0.1) is 24.2 Å². The molecule has 0 atom stereocenters. The molecule has 9 heteroatoms. The fourth-order valence-electron chi connectivity index (χ4n) is 4.70. The van der Waals surface area contributed by atoms with Crippen molar-refractivity contribution >= 4 is 27.4 Å². The lowest BCUT2D eigenvalue weighted by Crippen LogP contribution is -2.53. The van der Waals surface area contributed by atoms with Crippen LogP contribution in [0.1, 0.15) is 26.3 Å². The number of fused-ring (bicyclic) bond motifs is 1. The fraction of sp³-hybridized carbons (Fsp3) is 0.382. The molecule has 4 aromatic rings. The second kappa shape index (κ2) is 13.9. The number of hydrogen-bond acceptors (Lipinski definition) is 8. The van der Waals surface area contributed by atoms with Crippen molar-refractivity contribution in [1.29, 1.82) is 0 Å². The van der Waals surface area contributed by atoms with Gasteiger partial charge >= 0.3 is 5.97 Å². The zero-order chi connectivity index (χ0) is 30.4. The summed E-state index contributed by atoms with van der Waals surface area (Å²) in [6.45, 7) is 11.3. The van der Waals surface area contributed by atoms with Crippen LogP contribution in [0, 0.1) is 12.7 Å². The van der Waals surface area contributed by atoms with E-state index in [0.717, 1.165) is 51.7 Å². The van der Waals surface area contributed by atoms with Crippen LogP contribution in [0.3, 0.4) is 0 Å². The third-order valence-electron chi connectivity index (χ3n) is 6.77. The van der Waals surface area contributed by atoms with Crippen molar-refractivity contribution in [2.45, 2.75) is 39.4 Å². The highest BCUT2D eigenvalue weighted by molar-refractivity contribution is 7.22. The van der Waals surface area contributed by atoms with Gasteiger partial charge in [-0.1, -0.05) is 18.2 Å². The fourth-order valence-corrected chi connectivity index (χ4v) is 5.93. The molecule has 228 valence electrons. The van der Waals surface area contributed by atoms with Gasteiger partial charge in [0.1, 0.15) is 36.1 Å². The van der Waals surface area contributed by atoms with Gasteiger partial charge in [-0.15, -0.1) is 11.3 Å². The van der Waals surface area contributed by atoms with Gasteiger partial charge in [-0.3, -0.25) is 4.90 Å². The van der Waals surface area contributed by atoms with E-state index < -0.39 is 5.60 Å². The quantitative estimate of drug-likeness (QED) is 0.117. The van der Waals surface area contributed by atoms with Gasteiger partial charge in [-0.25, -0.2) is 9.18 Å². The van der Waals surface area contributed by atoms with Gasteiger partial charge in [-0.05, 0) is 87.4 Å². The summed E-state index contributed by atoms with van der Waals surface area (Å²) >= 11 is 1.64. The number of nitrogens with zero attached hydrogens (tertiary/aromatic N) is 1. The minimum atomic E-state index is -0.509. The first-order valence-electron chi connectivity index (χ1n) is 14.5. The Morgan fingerprint density at radius 3 is 2.40 bits per heavy atom. The smallest absolute Gasteiger partial charge is 0.332 e. The number of benzene rings is 3. The second-order valence-corrected chi connectivity index (χ2v) is 12.6. The molecule has 0 spiro atoms. The van der Waals surface area contributed by atoms with Crippen LogP contribution < -0.4 is 9.47 Å². The number of carbonyl (C=O) groups excluding carboxylic acids is 1. The first kappa shape index (κ1) is 30.9. The second-order valence-electron chi connectivity index (χ2n) is 11.6. The molecular weight excluding hydrogens is 569 g/mol. The molecule has 7 nitrogen and oxygen atoms in total. The number of aryl methyl sites for hydroxylation is 1. The summed E-state index contributed by atoms with van der Waals surface area (Å²) in [5, 5.41) is 1.03. The highest BCUT2D eigenvalue weighted by Crippen LogP contribution is 2.46. The largest absolute Gasteiger partial charge is 0.492 e. The molecule has 0 radical (unpaired) electrons. The number of ether oxygens (including phenoxy) is 5. The Bertz CT molecular complexity index is 1510. The maximum Gasteiger partial charge on any atom is 0.332 e. The molecule has 0 amide bonds. The summed E-state index contributed by atoms with van der Waals surface area (Å²) < 4.78 is 43.4. The predicted octanol–water partition coefficient (Wildman–Crippen LogP) is 7.25. The van der Waals surface area contributed by atoms with Crippen LogP contribution in [0.15, 0.2) is 66.7 Å². The van der Waals surface area contributed by atoms with Crippen LogP contribution >= 0.6 is 11.3 Å². The lowest BCUT2D eigenvalue weighted by Gasteiger charge is -2.38. The molecular formula is C34H38FNO6S. The lowest BCUT2D eigenvalue weighted by molar-refractivity contribution is -0.161. The summed E-state index contributed by atoms with van der Waals surface area (Å²) in [6, 6.07) is 20.4. The Hall–Kier alpha value is -3.50. The lowest BCUT2D eigenvalue weighted by atomic mass is 10.1. The number of likely N-dealkylation sites (tertiary alicyclic amines) is 1. The van der Waals surface area contributed by atoms with Crippen LogP contribution in [0.2, 0.25) is 0 Å². The van der Waals surface area contributed by atoms with Crippen molar-refractivity contribution < 1.29 is 32.9 Å². The molecule has 0 unspecified atom stereocenters. The van der Waals surface area contributed by atoms with Crippen molar-refractivity contribution in [1.82, 2.24) is 4.90 Å². The number of hydrogen-bond donors (Lipinski definition) is 0. The van der Waals surface area contributed by atoms with Crippen molar-refractivity contribution in [3.63, 3.8) is 0 Å². The molecule has 1 fully saturated rings. The van der Waals surface area contributed by atoms with Crippen molar-refractivity contribution in [2.75, 3.05) is 46.1 Å². The minimum absolute atomic E-state index is 0.0660. The van der Waals surface area contributed by atoms with E-state index in [9.17, 15) is 9.18 Å². The molecule has 1 aliphatic rings. The maximum atomic E-state index is 13.6. The Kier molecular flexibility index (Phi) is 9.97. The summed E-state index contributed by atoms with van der Waals surface area (Å²) in [7, 11) is 0. The van der Waals surface area contributed by atoms with E-state index in [1.54, 1.807) is 23.5 Å². The SMILES string of the molecule is Cc1ccc2c(Oc3ccc(OCCN4CC(OCCOCC(=O)OC(C)(C)C)C4)cc3)c(-c3ccc(F)cc3)sc2c1. The number of thiophene rings is 1. The molecule has 3 aromatic carbocycles. The van der Waals surface area contributed by atoms with Crippen LogP contribution in [-0.2, 0) is 19.0 Å². The van der Waals surface area contributed by atoms with Crippen molar-refractivity contribution in [3.8, 4) is 27.7 Å². The molecule has 2 heterocycles. The molecule has 43 heavy (non-hydrogen) atoms. The first-order chi connectivity index (χ1) is 20.6. The molecule has 1 saturated heterocycles. The predicted molar refractivity (Wildman–Crippen MR) is 167 cm³/mol. The van der Waals surface area contributed by atoms with E-state index in [1.165, 1.54) is 17.7 Å². The number of esters is 1. The topological polar surface area (TPSA) is 66.5 Å². The van der Waals surface area contributed by atoms with Crippen LogP contribution in [-0.4, -0.2) is 68.6 Å². The minimum Gasteiger partial charge on any atom is -0.492 e. The Balaban J connectivity index is 1.05. The zero-order valence-corrected chi connectivity index (χ0v) is 25.9. The molecule has 1 aromatic heterocycles. The van der Waals surface area contributed by atoms with E-state index in [2.05, 4.69) is 30.0 Å². The normalized spacial score (nSPS) is 14.1. The average Bonchev–Trinajstić information content (AvgIpc) is 3.28. The molecule has 0 bridgehead atoms. The van der Waals surface area contributed by atoms with Crippen LogP contribution in [0.5, 0.6) is 17.2 Å². The monoisotopic (exact) mass is 607 g/mol. The van der Waals surface area contributed by atoms with Crippen LogP contribution in [0.4, 0.5) is 4.39 Å². The molecule has 0 N–H and O–H groups in total. The van der Waals surface area contributed by atoms with Gasteiger partial charge in [0.2, 0.25) is 0 Å². The average molecular weight is 608 g/mol. The van der Waals surface area contributed by atoms with Crippen molar-refractivity contribution in [3.05, 3.63) is 78.1 Å². The van der Waals surface area contributed by atoms with Crippen LogP contribution in [0.25, 0.3) is 20.5 Å². The molecule has 1 aliphatic heterocycles. The highest BCUT2D eigenvalue weighted by atomic mass is 32.1. The summed E-state index contributed by atoms with van der Waals surface area (Å²) in [5.41, 5.74) is 1.58. The van der Waals surface area contributed by atoms with E-state index in [1.807, 2.05) is 45.0 Å². The van der Waals surface area contributed by atoms with Gasteiger partial charge < -0.3 is 23.7 Å². The molecule has 5 rings (SSSR count). The Labute approximate surface area is 256 Å². The van der Waals surface area contributed by atoms with E-state index in [4.69, 9.17) is 23.7 Å². The zero-order valence-electron chi connectivity index (χ0n) is 25.1. The molecule has 0 aliphatic carbocycles. The van der Waals surface area contributed by atoms with E-state index in [0.29, 0.717) is 25.6 Å². The summed E-state index contributed by atoms with van der Waals surface area (Å²) in [4.78, 5) is 14.9. The number of halogens is 1. The van der Waals surface area contributed by atoms with Gasteiger partial charge in [0, 0.05) is 29.7 Å². The Morgan fingerprint density at radius 2 is 1.67 bits per heavy atom. The van der Waals surface area contributed by atoms with Gasteiger partial charge in [-0.2, -0.15) is 0 Å². The maximum absolute atomic E-state index is 13.6. The highest BCUT2D eigenvalue weighted by Gasteiger charge is 2.27. The number of carbonyl (C=O) groups is 1. The van der Waals surface area contributed by atoms with Crippen molar-refractivity contribution in [2.24, 2.45) is 0 Å². The Morgan fingerprint density at radius 1 is 0.953 bits per heavy atom. The standard InChI is InChI=1S/C34H38FNO6S/c1-23-5-14-29-30(19-23)43-33(24-6-8-25(35)9-7-24)32(29)41-27-12-10-26(11-13-27)39-16-15-36-20-28(21-36)40-18-17-38-22-31(37)42-34(2,3)4/h5-14,19,28H,15-18,20-22H2,1-4H3. The molecule has 0 saturated carbocycles. The third-order valence-corrected chi connectivity index (χ3v) is 7.95. The van der Waals surface area contributed by atoms with Gasteiger partial charge in [0.15, 0.2) is 5.75 Å².